The SMILES string of the molecule is N#C[C@@H]1CSCN1C(=O)CNCc1ccc(S(=O)(=O)NC(=O)NC2CCCCC2)cc1. The first-order valence-electron chi connectivity index (χ1n) is 10.3. The molecule has 1 aromatic rings. The zero-order valence-electron chi connectivity index (χ0n) is 17.2. The van der Waals surface area contributed by atoms with E-state index in [0.29, 0.717) is 18.2 Å². The number of nitrogens with zero attached hydrogens (tertiary/aromatic N) is 2. The summed E-state index contributed by atoms with van der Waals surface area (Å²) in [6.07, 6.45) is 4.95. The van der Waals surface area contributed by atoms with Crippen molar-refractivity contribution in [2.24, 2.45) is 0 Å². The van der Waals surface area contributed by atoms with Crippen LogP contribution >= 0.6 is 11.8 Å². The fourth-order valence-corrected chi connectivity index (χ4v) is 5.66. The molecule has 2 aliphatic rings. The Morgan fingerprint density at radius 2 is 1.87 bits per heavy atom. The van der Waals surface area contributed by atoms with Crippen molar-refractivity contribution >= 4 is 33.7 Å². The molecule has 3 N–H and O–H groups in total. The fraction of sp³-hybridized carbons (Fsp3) is 0.550. The lowest BCUT2D eigenvalue weighted by molar-refractivity contribution is -0.129. The molecule has 11 heteroatoms. The Bertz CT molecular complexity index is 924. The molecule has 1 aliphatic heterocycles. The van der Waals surface area contributed by atoms with Crippen molar-refractivity contribution in [3.8, 4) is 6.07 Å². The zero-order valence-corrected chi connectivity index (χ0v) is 18.8. The standard InChI is InChI=1S/C20H27N5O4S2/c21-10-17-13-30-14-25(17)19(26)12-22-11-15-6-8-18(9-7-15)31(28,29)24-20(27)23-16-4-2-1-3-5-16/h6-9,16-17,22H,1-5,11-14H2,(H2,23,24,27)/t17-/m1/s1. The van der Waals surface area contributed by atoms with Gasteiger partial charge in [0.2, 0.25) is 5.91 Å². The summed E-state index contributed by atoms with van der Waals surface area (Å²) < 4.78 is 26.9. The highest BCUT2D eigenvalue weighted by Crippen LogP contribution is 2.20. The summed E-state index contributed by atoms with van der Waals surface area (Å²) in [6, 6.07) is 7.18. The molecule has 168 valence electrons. The number of sulfonamides is 1. The van der Waals surface area contributed by atoms with E-state index in [1.807, 2.05) is 0 Å². The van der Waals surface area contributed by atoms with Crippen LogP contribution in [0.4, 0.5) is 4.79 Å². The summed E-state index contributed by atoms with van der Waals surface area (Å²) in [5.41, 5.74) is 0.797. The van der Waals surface area contributed by atoms with Crippen LogP contribution in [-0.4, -0.2) is 55.5 Å². The molecule has 0 spiro atoms. The molecule has 3 rings (SSSR count). The van der Waals surface area contributed by atoms with Gasteiger partial charge in [0.15, 0.2) is 0 Å². The number of carbonyl (C=O) groups excluding carboxylic acids is 2. The molecule has 3 amide bonds. The highest BCUT2D eigenvalue weighted by molar-refractivity contribution is 7.99. The number of hydrogen-bond donors (Lipinski definition) is 3. The Balaban J connectivity index is 1.46. The van der Waals surface area contributed by atoms with Gasteiger partial charge in [0.1, 0.15) is 6.04 Å². The molecule has 1 heterocycles. The highest BCUT2D eigenvalue weighted by Gasteiger charge is 2.28. The highest BCUT2D eigenvalue weighted by atomic mass is 32.2. The van der Waals surface area contributed by atoms with E-state index in [-0.39, 0.29) is 29.4 Å². The number of nitriles is 1. The topological polar surface area (TPSA) is 131 Å². The van der Waals surface area contributed by atoms with Gasteiger partial charge in [-0.25, -0.2) is 17.9 Å². The van der Waals surface area contributed by atoms with Crippen LogP contribution in [0.2, 0.25) is 0 Å². The molecule has 9 nitrogen and oxygen atoms in total. The molecule has 0 unspecified atom stereocenters. The van der Waals surface area contributed by atoms with Crippen LogP contribution in [-0.2, 0) is 21.4 Å². The minimum atomic E-state index is -3.96. The van der Waals surface area contributed by atoms with Crippen LogP contribution < -0.4 is 15.4 Å². The fourth-order valence-electron chi connectivity index (χ4n) is 3.64. The predicted octanol–water partition coefficient (Wildman–Crippen LogP) is 1.52. The Labute approximate surface area is 187 Å². The van der Waals surface area contributed by atoms with Crippen molar-refractivity contribution in [1.29, 1.82) is 5.26 Å². The quantitative estimate of drug-likeness (QED) is 0.556. The maximum Gasteiger partial charge on any atom is 0.328 e. The number of benzene rings is 1. The summed E-state index contributed by atoms with van der Waals surface area (Å²) in [4.78, 5) is 25.8. The molecule has 1 aliphatic carbocycles. The lowest BCUT2D eigenvalue weighted by Crippen LogP contribution is -2.45. The Hall–Kier alpha value is -2.29. The van der Waals surface area contributed by atoms with Crippen LogP contribution in [0.25, 0.3) is 0 Å². The third-order valence-corrected chi connectivity index (χ3v) is 7.72. The molecule has 1 aromatic carbocycles. The first-order valence-corrected chi connectivity index (χ1v) is 12.9. The smallest absolute Gasteiger partial charge is 0.328 e. The van der Waals surface area contributed by atoms with Gasteiger partial charge < -0.3 is 15.5 Å². The molecule has 1 saturated heterocycles. The first-order chi connectivity index (χ1) is 14.9. The number of thioether (sulfide) groups is 1. The summed E-state index contributed by atoms with van der Waals surface area (Å²) in [5.74, 6) is 1.02. The van der Waals surface area contributed by atoms with Gasteiger partial charge in [-0.1, -0.05) is 31.4 Å². The summed E-state index contributed by atoms with van der Waals surface area (Å²) in [5, 5.41) is 14.8. The molecular weight excluding hydrogens is 438 g/mol. The summed E-state index contributed by atoms with van der Waals surface area (Å²) >= 11 is 1.55. The maximum atomic E-state index is 12.4. The van der Waals surface area contributed by atoms with E-state index in [0.717, 1.165) is 37.7 Å². The predicted molar refractivity (Wildman–Crippen MR) is 117 cm³/mol. The number of nitrogens with one attached hydrogen (secondary N) is 3. The Morgan fingerprint density at radius 3 is 2.55 bits per heavy atom. The molecule has 2 fully saturated rings. The summed E-state index contributed by atoms with van der Waals surface area (Å²) in [7, 11) is -3.96. The third-order valence-electron chi connectivity index (χ3n) is 5.36. The van der Waals surface area contributed by atoms with Crippen LogP contribution in [0, 0.1) is 11.3 Å². The molecule has 0 bridgehead atoms. The Morgan fingerprint density at radius 1 is 1.16 bits per heavy atom. The van der Waals surface area contributed by atoms with Crippen molar-refractivity contribution in [2.45, 2.75) is 55.6 Å². The first kappa shape index (κ1) is 23.4. The van der Waals surface area contributed by atoms with Crippen LogP contribution in [0.15, 0.2) is 29.2 Å². The maximum absolute atomic E-state index is 12.4. The normalized spacial score (nSPS) is 19.6. The van der Waals surface area contributed by atoms with Crippen molar-refractivity contribution in [2.75, 3.05) is 18.2 Å². The van der Waals surface area contributed by atoms with E-state index in [1.54, 1.807) is 28.8 Å². The molecule has 0 aromatic heterocycles. The molecule has 1 saturated carbocycles. The number of amides is 3. The number of carbonyl (C=O) groups is 2. The van der Waals surface area contributed by atoms with E-state index in [1.165, 1.54) is 12.1 Å². The van der Waals surface area contributed by atoms with Gasteiger partial charge in [-0.2, -0.15) is 5.26 Å². The molecule has 1 atom stereocenters. The van der Waals surface area contributed by atoms with Gasteiger partial charge in [-0.15, -0.1) is 11.8 Å². The number of rotatable bonds is 7. The monoisotopic (exact) mass is 465 g/mol. The van der Waals surface area contributed by atoms with E-state index in [9.17, 15) is 18.0 Å². The average molecular weight is 466 g/mol. The van der Waals surface area contributed by atoms with Gasteiger partial charge in [-0.05, 0) is 30.5 Å². The number of hydrogen-bond acceptors (Lipinski definition) is 7. The van der Waals surface area contributed by atoms with E-state index in [4.69, 9.17) is 5.26 Å². The lowest BCUT2D eigenvalue weighted by Gasteiger charge is -2.22. The van der Waals surface area contributed by atoms with Crippen molar-refractivity contribution in [1.82, 2.24) is 20.3 Å². The Kier molecular flexibility index (Phi) is 8.17. The van der Waals surface area contributed by atoms with Gasteiger partial charge in [0.05, 0.1) is 23.4 Å². The molecule has 31 heavy (non-hydrogen) atoms. The second-order valence-electron chi connectivity index (χ2n) is 7.67. The minimum absolute atomic E-state index is 0.00271. The van der Waals surface area contributed by atoms with Gasteiger partial charge in [0, 0.05) is 18.3 Å². The van der Waals surface area contributed by atoms with Crippen LogP contribution in [0.5, 0.6) is 0 Å². The van der Waals surface area contributed by atoms with E-state index >= 15 is 0 Å². The average Bonchev–Trinajstić information content (AvgIpc) is 3.23. The van der Waals surface area contributed by atoms with Crippen molar-refractivity contribution in [3.05, 3.63) is 29.8 Å². The van der Waals surface area contributed by atoms with Gasteiger partial charge >= 0.3 is 6.03 Å². The lowest BCUT2D eigenvalue weighted by atomic mass is 9.96. The van der Waals surface area contributed by atoms with Gasteiger partial charge in [-0.3, -0.25) is 4.79 Å². The van der Waals surface area contributed by atoms with Crippen molar-refractivity contribution < 1.29 is 18.0 Å². The van der Waals surface area contributed by atoms with Gasteiger partial charge in [0.25, 0.3) is 10.0 Å². The largest absolute Gasteiger partial charge is 0.335 e. The van der Waals surface area contributed by atoms with E-state index in [2.05, 4.69) is 21.4 Å². The van der Waals surface area contributed by atoms with Crippen molar-refractivity contribution in [3.63, 3.8) is 0 Å². The second-order valence-corrected chi connectivity index (χ2v) is 10.4. The second kappa shape index (κ2) is 10.8. The van der Waals surface area contributed by atoms with Crippen LogP contribution in [0.1, 0.15) is 37.7 Å². The minimum Gasteiger partial charge on any atom is -0.335 e. The molecule has 0 radical (unpaired) electrons. The van der Waals surface area contributed by atoms with Crippen LogP contribution in [0.3, 0.4) is 0 Å². The summed E-state index contributed by atoms with van der Waals surface area (Å²) in [6.45, 7) is 0.474. The molecular formula is C20H27N5O4S2. The third kappa shape index (κ3) is 6.59. The van der Waals surface area contributed by atoms with E-state index < -0.39 is 16.1 Å². The zero-order chi connectivity index (χ0) is 22.3. The number of urea groups is 1.